The quantitative estimate of drug-likeness (QED) is 0.934. The molecule has 126 valence electrons. The SMILES string of the molecule is Cc1ccc(C2CN(C)CC2C(=O)NC(C)c2ccccc2)cc1. The highest BCUT2D eigenvalue weighted by Gasteiger charge is 2.37. The average molecular weight is 322 g/mol. The minimum atomic E-state index is 0.00358. The van der Waals surface area contributed by atoms with E-state index in [1.54, 1.807) is 0 Å². The van der Waals surface area contributed by atoms with Crippen molar-refractivity contribution >= 4 is 5.91 Å². The zero-order valence-corrected chi connectivity index (χ0v) is 14.7. The molecule has 0 aliphatic carbocycles. The Balaban J connectivity index is 1.73. The van der Waals surface area contributed by atoms with Crippen LogP contribution in [0.5, 0.6) is 0 Å². The first-order valence-corrected chi connectivity index (χ1v) is 8.65. The Morgan fingerprint density at radius 1 is 1.08 bits per heavy atom. The molecule has 3 heteroatoms. The summed E-state index contributed by atoms with van der Waals surface area (Å²) in [5.41, 5.74) is 3.66. The molecule has 2 aromatic rings. The van der Waals surface area contributed by atoms with Gasteiger partial charge in [-0.3, -0.25) is 4.79 Å². The van der Waals surface area contributed by atoms with Gasteiger partial charge >= 0.3 is 0 Å². The fraction of sp³-hybridized carbons (Fsp3) is 0.381. The third-order valence-electron chi connectivity index (χ3n) is 5.00. The van der Waals surface area contributed by atoms with E-state index in [4.69, 9.17) is 0 Å². The largest absolute Gasteiger partial charge is 0.349 e. The number of nitrogens with zero attached hydrogens (tertiary/aromatic N) is 1. The third kappa shape index (κ3) is 3.68. The van der Waals surface area contributed by atoms with Gasteiger partial charge in [0, 0.05) is 19.0 Å². The minimum Gasteiger partial charge on any atom is -0.349 e. The van der Waals surface area contributed by atoms with Crippen molar-refractivity contribution in [2.45, 2.75) is 25.8 Å². The van der Waals surface area contributed by atoms with E-state index in [9.17, 15) is 4.79 Å². The van der Waals surface area contributed by atoms with Crippen molar-refractivity contribution in [2.24, 2.45) is 5.92 Å². The third-order valence-corrected chi connectivity index (χ3v) is 5.00. The van der Waals surface area contributed by atoms with E-state index in [1.807, 2.05) is 25.1 Å². The lowest BCUT2D eigenvalue weighted by Gasteiger charge is -2.22. The molecule has 0 radical (unpaired) electrons. The van der Waals surface area contributed by atoms with Crippen molar-refractivity contribution in [3.05, 3.63) is 71.3 Å². The highest BCUT2D eigenvalue weighted by atomic mass is 16.2. The molecule has 1 aliphatic rings. The Morgan fingerprint density at radius 3 is 2.42 bits per heavy atom. The van der Waals surface area contributed by atoms with Gasteiger partial charge in [-0.05, 0) is 32.0 Å². The van der Waals surface area contributed by atoms with E-state index >= 15 is 0 Å². The number of hydrogen-bond acceptors (Lipinski definition) is 2. The zero-order valence-electron chi connectivity index (χ0n) is 14.7. The van der Waals surface area contributed by atoms with Gasteiger partial charge in [0.15, 0.2) is 0 Å². The summed E-state index contributed by atoms with van der Waals surface area (Å²) in [7, 11) is 2.09. The van der Waals surface area contributed by atoms with Crippen molar-refractivity contribution in [3.8, 4) is 0 Å². The molecule has 3 rings (SSSR count). The number of hydrogen-bond donors (Lipinski definition) is 1. The second kappa shape index (κ2) is 7.18. The van der Waals surface area contributed by atoms with Crippen LogP contribution in [0, 0.1) is 12.8 Å². The first-order valence-electron chi connectivity index (χ1n) is 8.65. The predicted molar refractivity (Wildman–Crippen MR) is 97.9 cm³/mol. The molecule has 1 saturated heterocycles. The zero-order chi connectivity index (χ0) is 17.1. The number of nitrogens with one attached hydrogen (secondary N) is 1. The Labute approximate surface area is 144 Å². The molecule has 0 saturated carbocycles. The lowest BCUT2D eigenvalue weighted by atomic mass is 9.87. The van der Waals surface area contributed by atoms with Gasteiger partial charge in [-0.2, -0.15) is 0 Å². The Bertz CT molecular complexity index is 681. The van der Waals surface area contributed by atoms with Gasteiger partial charge in [0.25, 0.3) is 0 Å². The molecule has 3 nitrogen and oxygen atoms in total. The number of benzene rings is 2. The Morgan fingerprint density at radius 2 is 1.75 bits per heavy atom. The van der Waals surface area contributed by atoms with Crippen molar-refractivity contribution in [1.82, 2.24) is 10.2 Å². The van der Waals surface area contributed by atoms with E-state index in [1.165, 1.54) is 11.1 Å². The number of likely N-dealkylation sites (tertiary alicyclic amines) is 1. The molecule has 1 heterocycles. The number of rotatable bonds is 4. The summed E-state index contributed by atoms with van der Waals surface area (Å²) in [6, 6.07) is 18.8. The van der Waals surface area contributed by atoms with Crippen LogP contribution in [0.25, 0.3) is 0 Å². The summed E-state index contributed by atoms with van der Waals surface area (Å²) < 4.78 is 0. The molecule has 1 aliphatic heterocycles. The summed E-state index contributed by atoms with van der Waals surface area (Å²) >= 11 is 0. The van der Waals surface area contributed by atoms with Crippen LogP contribution in [0.1, 0.15) is 35.6 Å². The number of aryl methyl sites for hydroxylation is 1. The maximum atomic E-state index is 12.9. The second-order valence-electron chi connectivity index (χ2n) is 6.99. The molecule has 1 fully saturated rings. The van der Waals surface area contributed by atoms with E-state index in [0.29, 0.717) is 0 Å². The summed E-state index contributed by atoms with van der Waals surface area (Å²) in [6.45, 7) is 5.88. The maximum Gasteiger partial charge on any atom is 0.225 e. The van der Waals surface area contributed by atoms with Crippen molar-refractivity contribution in [1.29, 1.82) is 0 Å². The monoisotopic (exact) mass is 322 g/mol. The smallest absolute Gasteiger partial charge is 0.225 e. The Hall–Kier alpha value is -2.13. The van der Waals surface area contributed by atoms with Crippen LogP contribution in [-0.4, -0.2) is 30.9 Å². The molecular formula is C21H26N2O. The first-order chi connectivity index (χ1) is 11.5. The van der Waals surface area contributed by atoms with Gasteiger partial charge in [0.2, 0.25) is 5.91 Å². The summed E-state index contributed by atoms with van der Waals surface area (Å²) in [6.07, 6.45) is 0. The summed E-state index contributed by atoms with van der Waals surface area (Å²) in [5, 5.41) is 3.20. The van der Waals surface area contributed by atoms with E-state index < -0.39 is 0 Å². The topological polar surface area (TPSA) is 32.3 Å². The minimum absolute atomic E-state index is 0.00358. The molecule has 24 heavy (non-hydrogen) atoms. The standard InChI is InChI=1S/C21H26N2O/c1-15-9-11-18(12-10-15)19-13-23(3)14-20(19)21(24)22-16(2)17-7-5-4-6-8-17/h4-12,16,19-20H,13-14H2,1-3H3,(H,22,24). The van der Waals surface area contributed by atoms with Gasteiger partial charge in [-0.15, -0.1) is 0 Å². The lowest BCUT2D eigenvalue weighted by molar-refractivity contribution is -0.125. The van der Waals surface area contributed by atoms with Gasteiger partial charge < -0.3 is 10.2 Å². The van der Waals surface area contributed by atoms with Gasteiger partial charge in [-0.1, -0.05) is 60.2 Å². The van der Waals surface area contributed by atoms with Gasteiger partial charge in [0.05, 0.1) is 12.0 Å². The molecule has 3 unspecified atom stereocenters. The molecule has 2 aromatic carbocycles. The molecule has 1 N–H and O–H groups in total. The van der Waals surface area contributed by atoms with Gasteiger partial charge in [0.1, 0.15) is 0 Å². The maximum absolute atomic E-state index is 12.9. The van der Waals surface area contributed by atoms with Crippen LogP contribution in [0.4, 0.5) is 0 Å². The molecule has 0 spiro atoms. The molecule has 1 amide bonds. The fourth-order valence-electron chi connectivity index (χ4n) is 3.56. The van der Waals surface area contributed by atoms with Crippen molar-refractivity contribution in [3.63, 3.8) is 0 Å². The first kappa shape index (κ1) is 16.7. The summed E-state index contributed by atoms with van der Waals surface area (Å²) in [5.74, 6) is 0.420. The van der Waals surface area contributed by atoms with E-state index in [-0.39, 0.29) is 23.8 Å². The van der Waals surface area contributed by atoms with Crippen LogP contribution in [0.15, 0.2) is 54.6 Å². The van der Waals surface area contributed by atoms with Crippen LogP contribution in [0.2, 0.25) is 0 Å². The second-order valence-corrected chi connectivity index (χ2v) is 6.99. The van der Waals surface area contributed by atoms with Crippen molar-refractivity contribution < 1.29 is 4.79 Å². The average Bonchev–Trinajstić information content (AvgIpc) is 2.98. The number of likely N-dealkylation sites (N-methyl/N-ethyl adjacent to an activating group) is 1. The molecule has 0 bridgehead atoms. The van der Waals surface area contributed by atoms with Crippen LogP contribution in [0.3, 0.4) is 0 Å². The lowest BCUT2D eigenvalue weighted by Crippen LogP contribution is -2.36. The molecule has 0 aromatic heterocycles. The van der Waals surface area contributed by atoms with Crippen LogP contribution < -0.4 is 5.32 Å². The number of amides is 1. The summed E-state index contributed by atoms with van der Waals surface area (Å²) in [4.78, 5) is 15.1. The highest BCUT2D eigenvalue weighted by Crippen LogP contribution is 2.32. The number of carbonyl (C=O) groups excluding carboxylic acids is 1. The normalized spacial score (nSPS) is 22.3. The molecule has 3 atom stereocenters. The highest BCUT2D eigenvalue weighted by molar-refractivity contribution is 5.81. The molecular weight excluding hydrogens is 296 g/mol. The van der Waals surface area contributed by atoms with Crippen LogP contribution in [-0.2, 0) is 4.79 Å². The van der Waals surface area contributed by atoms with Crippen molar-refractivity contribution in [2.75, 3.05) is 20.1 Å². The fourth-order valence-corrected chi connectivity index (χ4v) is 3.56. The van der Waals surface area contributed by atoms with Gasteiger partial charge in [-0.25, -0.2) is 0 Å². The van der Waals surface area contributed by atoms with E-state index in [2.05, 4.69) is 60.6 Å². The number of carbonyl (C=O) groups is 1. The Kier molecular flexibility index (Phi) is 5.00. The predicted octanol–water partition coefficient (Wildman–Crippen LogP) is 3.52. The van der Waals surface area contributed by atoms with E-state index in [0.717, 1.165) is 18.7 Å². The van der Waals surface area contributed by atoms with Crippen LogP contribution >= 0.6 is 0 Å².